The van der Waals surface area contributed by atoms with Crippen LogP contribution in [-0.2, 0) is 12.6 Å². The topological polar surface area (TPSA) is 58.9 Å². The number of rotatable bonds is 4. The molecule has 0 saturated carbocycles. The average molecular weight is 286 g/mol. The molecule has 2 aromatic rings. The lowest BCUT2D eigenvalue weighted by Gasteiger charge is -2.06. The molecule has 4 nitrogen and oxygen atoms in total. The number of fused-ring (bicyclic) bond motifs is 1. The Morgan fingerprint density at radius 3 is 2.55 bits per heavy atom. The summed E-state index contributed by atoms with van der Waals surface area (Å²) in [6.45, 7) is 1.99. The van der Waals surface area contributed by atoms with Crippen LogP contribution in [0.15, 0.2) is 18.2 Å². The number of aromatic nitrogens is 1. The number of halogens is 3. The Morgan fingerprint density at radius 1 is 1.30 bits per heavy atom. The summed E-state index contributed by atoms with van der Waals surface area (Å²) < 4.78 is 38.2. The largest absolute Gasteiger partial charge is 0.416 e. The molecule has 0 fully saturated rings. The lowest BCUT2D eigenvalue weighted by molar-refractivity contribution is -0.383. The van der Waals surface area contributed by atoms with E-state index < -0.39 is 22.4 Å². The van der Waals surface area contributed by atoms with Gasteiger partial charge in [-0.25, -0.2) is 0 Å². The summed E-state index contributed by atoms with van der Waals surface area (Å²) in [6, 6.07) is 3.06. The summed E-state index contributed by atoms with van der Waals surface area (Å²) in [6.07, 6.45) is -2.14. The van der Waals surface area contributed by atoms with Crippen molar-refractivity contribution in [2.75, 3.05) is 0 Å². The smallest absolute Gasteiger partial charge is 0.353 e. The van der Waals surface area contributed by atoms with Crippen LogP contribution in [0, 0.1) is 10.1 Å². The van der Waals surface area contributed by atoms with E-state index in [1.165, 1.54) is 0 Å². The molecule has 0 unspecified atom stereocenters. The van der Waals surface area contributed by atoms with E-state index in [1.807, 2.05) is 6.92 Å². The number of nitro groups is 1. The fourth-order valence-electron chi connectivity index (χ4n) is 2.09. The van der Waals surface area contributed by atoms with Crippen LogP contribution in [-0.4, -0.2) is 9.91 Å². The van der Waals surface area contributed by atoms with Crippen LogP contribution < -0.4 is 0 Å². The Hall–Kier alpha value is -2.05. The number of non-ortho nitro benzene ring substituents is 1. The highest BCUT2D eigenvalue weighted by atomic mass is 19.4. The van der Waals surface area contributed by atoms with E-state index in [0.717, 1.165) is 18.9 Å². The first-order valence-electron chi connectivity index (χ1n) is 6.20. The van der Waals surface area contributed by atoms with Gasteiger partial charge in [-0.3, -0.25) is 10.1 Å². The number of unbranched alkanes of at least 4 members (excludes halogenated alkanes) is 1. The summed E-state index contributed by atoms with van der Waals surface area (Å²) in [4.78, 5) is 13.0. The van der Waals surface area contributed by atoms with Crippen molar-refractivity contribution in [2.45, 2.75) is 32.4 Å². The van der Waals surface area contributed by atoms with Crippen molar-refractivity contribution >= 4 is 16.6 Å². The van der Waals surface area contributed by atoms with Crippen molar-refractivity contribution in [1.82, 2.24) is 4.98 Å². The van der Waals surface area contributed by atoms with Crippen molar-refractivity contribution in [3.05, 3.63) is 39.6 Å². The van der Waals surface area contributed by atoms with Crippen molar-refractivity contribution in [3.63, 3.8) is 0 Å². The van der Waals surface area contributed by atoms with E-state index in [2.05, 4.69) is 4.98 Å². The fraction of sp³-hybridized carbons (Fsp3) is 0.385. The first-order valence-corrected chi connectivity index (χ1v) is 6.20. The summed E-state index contributed by atoms with van der Waals surface area (Å²) in [5, 5.41) is 11.2. The highest BCUT2D eigenvalue weighted by molar-refractivity contribution is 5.89. The van der Waals surface area contributed by atoms with E-state index in [0.29, 0.717) is 18.2 Å². The zero-order chi connectivity index (χ0) is 14.9. The van der Waals surface area contributed by atoms with Crippen LogP contribution in [0.3, 0.4) is 0 Å². The molecule has 20 heavy (non-hydrogen) atoms. The van der Waals surface area contributed by atoms with Crippen molar-refractivity contribution in [3.8, 4) is 0 Å². The zero-order valence-electron chi connectivity index (χ0n) is 10.8. The number of hydrogen-bond donors (Lipinski definition) is 1. The van der Waals surface area contributed by atoms with Gasteiger partial charge in [-0.2, -0.15) is 13.2 Å². The first-order chi connectivity index (χ1) is 9.32. The summed E-state index contributed by atoms with van der Waals surface area (Å²) in [5.41, 5.74) is -0.686. The van der Waals surface area contributed by atoms with Gasteiger partial charge in [0.05, 0.1) is 10.5 Å². The summed E-state index contributed by atoms with van der Waals surface area (Å²) in [5.74, 6) is 0. The van der Waals surface area contributed by atoms with Crippen LogP contribution in [0.25, 0.3) is 10.9 Å². The number of aromatic amines is 1. The van der Waals surface area contributed by atoms with E-state index in [4.69, 9.17) is 0 Å². The third kappa shape index (κ3) is 2.76. The van der Waals surface area contributed by atoms with Gasteiger partial charge in [0.2, 0.25) is 0 Å². The predicted octanol–water partition coefficient (Wildman–Crippen LogP) is 4.44. The second-order valence-electron chi connectivity index (χ2n) is 4.61. The lowest BCUT2D eigenvalue weighted by atomic mass is 10.1. The lowest BCUT2D eigenvalue weighted by Crippen LogP contribution is -2.05. The third-order valence-electron chi connectivity index (χ3n) is 3.09. The first kappa shape index (κ1) is 14.4. The average Bonchev–Trinajstić information content (AvgIpc) is 2.76. The Balaban J connectivity index is 2.59. The van der Waals surface area contributed by atoms with Crippen molar-refractivity contribution < 1.29 is 18.1 Å². The van der Waals surface area contributed by atoms with Gasteiger partial charge in [0.15, 0.2) is 0 Å². The minimum atomic E-state index is -4.60. The SMILES string of the molecule is CCCCc1cc2cc(C(F)(F)F)cc([N+](=O)[O-])c2[nH]1. The Morgan fingerprint density at radius 2 is 2.00 bits per heavy atom. The predicted molar refractivity (Wildman–Crippen MR) is 68.6 cm³/mol. The molecule has 0 aliphatic carbocycles. The van der Waals surface area contributed by atoms with Gasteiger partial charge in [-0.1, -0.05) is 13.3 Å². The molecule has 1 aromatic carbocycles. The van der Waals surface area contributed by atoms with Gasteiger partial charge in [0, 0.05) is 17.1 Å². The molecule has 1 N–H and O–H groups in total. The third-order valence-corrected chi connectivity index (χ3v) is 3.09. The second kappa shape index (κ2) is 5.15. The van der Waals surface area contributed by atoms with Crippen LogP contribution in [0.2, 0.25) is 0 Å². The molecule has 0 amide bonds. The molecular formula is C13H13F3N2O2. The molecule has 108 valence electrons. The molecule has 0 radical (unpaired) electrons. The number of hydrogen-bond acceptors (Lipinski definition) is 2. The van der Waals surface area contributed by atoms with Crippen molar-refractivity contribution in [1.29, 1.82) is 0 Å². The van der Waals surface area contributed by atoms with Crippen LogP contribution in [0.1, 0.15) is 31.0 Å². The molecule has 0 aliphatic rings. The number of aryl methyl sites for hydroxylation is 1. The quantitative estimate of drug-likeness (QED) is 0.667. The van der Waals surface area contributed by atoms with Gasteiger partial charge < -0.3 is 4.98 Å². The monoisotopic (exact) mass is 286 g/mol. The number of nitrogens with zero attached hydrogens (tertiary/aromatic N) is 1. The summed E-state index contributed by atoms with van der Waals surface area (Å²) >= 11 is 0. The van der Waals surface area contributed by atoms with E-state index >= 15 is 0 Å². The second-order valence-corrected chi connectivity index (χ2v) is 4.61. The van der Waals surface area contributed by atoms with Gasteiger partial charge in [-0.05, 0) is 25.0 Å². The molecule has 0 atom stereocenters. The highest BCUT2D eigenvalue weighted by Gasteiger charge is 2.33. The van der Waals surface area contributed by atoms with Gasteiger partial charge in [0.25, 0.3) is 5.69 Å². The van der Waals surface area contributed by atoms with Gasteiger partial charge >= 0.3 is 6.18 Å². The number of H-pyrrole nitrogens is 1. The molecule has 1 heterocycles. The van der Waals surface area contributed by atoms with Gasteiger partial charge in [0.1, 0.15) is 5.52 Å². The molecular weight excluding hydrogens is 273 g/mol. The molecule has 0 aliphatic heterocycles. The minimum Gasteiger partial charge on any atom is -0.353 e. The number of benzene rings is 1. The Kier molecular flexibility index (Phi) is 3.69. The van der Waals surface area contributed by atoms with E-state index in [1.54, 1.807) is 6.07 Å². The molecule has 1 aromatic heterocycles. The zero-order valence-corrected chi connectivity index (χ0v) is 10.8. The Bertz CT molecular complexity index is 647. The molecule has 0 bridgehead atoms. The van der Waals surface area contributed by atoms with Gasteiger partial charge in [-0.15, -0.1) is 0 Å². The molecule has 7 heteroatoms. The maximum absolute atomic E-state index is 12.7. The van der Waals surface area contributed by atoms with Crippen molar-refractivity contribution in [2.24, 2.45) is 0 Å². The molecule has 0 saturated heterocycles. The Labute approximate surface area is 112 Å². The van der Waals surface area contributed by atoms with Crippen LogP contribution >= 0.6 is 0 Å². The normalized spacial score (nSPS) is 12.0. The highest BCUT2D eigenvalue weighted by Crippen LogP contribution is 2.36. The number of nitro benzene ring substituents is 1. The van der Waals surface area contributed by atoms with E-state index in [-0.39, 0.29) is 10.9 Å². The maximum Gasteiger partial charge on any atom is 0.416 e. The summed E-state index contributed by atoms with van der Waals surface area (Å²) in [7, 11) is 0. The number of nitrogens with one attached hydrogen (secondary N) is 1. The van der Waals surface area contributed by atoms with E-state index in [9.17, 15) is 23.3 Å². The maximum atomic E-state index is 12.7. The van der Waals surface area contributed by atoms with Crippen LogP contribution in [0.4, 0.5) is 18.9 Å². The molecule has 0 spiro atoms. The fourth-order valence-corrected chi connectivity index (χ4v) is 2.09. The number of alkyl halides is 3. The molecule has 2 rings (SSSR count). The minimum absolute atomic E-state index is 0.147. The standard InChI is InChI=1S/C13H13F3N2O2/c1-2-3-4-10-6-8-5-9(13(14,15)16)7-11(18(19)20)12(8)17-10/h5-7,17H,2-4H2,1H3. The van der Waals surface area contributed by atoms with Crippen LogP contribution in [0.5, 0.6) is 0 Å².